The first-order valence-electron chi connectivity index (χ1n) is 14.1. The van der Waals surface area contributed by atoms with Gasteiger partial charge in [-0.25, -0.2) is 0 Å². The lowest BCUT2D eigenvalue weighted by atomic mass is 10.1. The number of carbonyl (C=O) groups is 1. The fraction of sp³-hybridized carbons (Fsp3) is 0.929. The zero-order valence-corrected chi connectivity index (χ0v) is 22.8. The van der Waals surface area contributed by atoms with Crippen molar-refractivity contribution in [2.75, 3.05) is 0 Å². The molecule has 0 fully saturated rings. The predicted octanol–water partition coefficient (Wildman–Crippen LogP) is 10.2. The van der Waals surface area contributed by atoms with Gasteiger partial charge in [0, 0.05) is 6.42 Å². The Balaban J connectivity index is 4.82. The van der Waals surface area contributed by atoms with Crippen LogP contribution < -0.4 is 0 Å². The average molecular weight is 454 g/mol. The third-order valence-electron chi connectivity index (χ3n) is 6.67. The van der Waals surface area contributed by atoms with Gasteiger partial charge in [-0.05, 0) is 24.6 Å². The molecule has 0 saturated heterocycles. The molecule has 0 atom stereocenters. The molecule has 1 radical (unpaired) electrons. The van der Waals surface area contributed by atoms with E-state index in [1.165, 1.54) is 134 Å². The van der Waals surface area contributed by atoms with Crippen LogP contribution in [-0.2, 0) is 9.22 Å². The van der Waals surface area contributed by atoms with Crippen LogP contribution >= 0.6 is 0 Å². The number of rotatable bonds is 24. The second-order valence-electron chi connectivity index (χ2n) is 9.81. The lowest BCUT2D eigenvalue weighted by molar-refractivity contribution is -0.135. The fourth-order valence-electron chi connectivity index (χ4n) is 4.65. The van der Waals surface area contributed by atoms with Crippen LogP contribution in [0.15, 0.2) is 0 Å². The van der Waals surface area contributed by atoms with Crippen LogP contribution in [0.3, 0.4) is 0 Å². The predicted molar refractivity (Wildman–Crippen MR) is 141 cm³/mol. The van der Waals surface area contributed by atoms with E-state index in [9.17, 15) is 4.79 Å². The largest absolute Gasteiger partial charge is 0.519 e. The minimum Gasteiger partial charge on any atom is -0.519 e. The van der Waals surface area contributed by atoms with E-state index in [1.807, 2.05) is 0 Å². The first-order chi connectivity index (χ1) is 15.1. The Bertz CT molecular complexity index is 342. The van der Waals surface area contributed by atoms with Crippen LogP contribution in [0, 0.1) is 6.92 Å². The first kappa shape index (κ1) is 30.7. The molecule has 3 heteroatoms. The smallest absolute Gasteiger partial charge is 0.292 e. The Morgan fingerprint density at radius 3 is 1.23 bits per heavy atom. The summed E-state index contributed by atoms with van der Waals surface area (Å²) in [5, 5.41) is 0. The minimum absolute atomic E-state index is 0.0459. The number of carbonyl (C=O) groups excluding carboxylic acids is 1. The van der Waals surface area contributed by atoms with Gasteiger partial charge in [-0.15, -0.1) is 0 Å². The van der Waals surface area contributed by atoms with E-state index in [2.05, 4.69) is 27.7 Å². The van der Waals surface area contributed by atoms with Crippen molar-refractivity contribution in [3.8, 4) is 0 Å². The molecule has 0 aromatic carbocycles. The maximum Gasteiger partial charge on any atom is 0.292 e. The van der Waals surface area contributed by atoms with Crippen LogP contribution in [0.4, 0.5) is 0 Å². The molecule has 0 amide bonds. The highest BCUT2D eigenvalue weighted by Crippen LogP contribution is 2.31. The van der Waals surface area contributed by atoms with Gasteiger partial charge < -0.3 is 4.43 Å². The van der Waals surface area contributed by atoms with Crippen molar-refractivity contribution in [2.24, 2.45) is 0 Å². The summed E-state index contributed by atoms with van der Waals surface area (Å²) in [5.74, 6) is 0.0459. The van der Waals surface area contributed by atoms with Crippen LogP contribution in [-0.4, -0.2) is 14.3 Å². The summed E-state index contributed by atoms with van der Waals surface area (Å²) < 4.78 is 6.42. The van der Waals surface area contributed by atoms with Crippen LogP contribution in [0.25, 0.3) is 0 Å². The summed E-state index contributed by atoms with van der Waals surface area (Å²) in [5.41, 5.74) is 0. The summed E-state index contributed by atoms with van der Waals surface area (Å²) in [6.45, 7) is 10.7. The molecule has 0 aliphatic carbocycles. The summed E-state index contributed by atoms with van der Waals surface area (Å²) in [4.78, 5) is 12.6. The highest BCUT2D eigenvalue weighted by atomic mass is 28.4. The first-order valence-corrected chi connectivity index (χ1v) is 16.7. The summed E-state index contributed by atoms with van der Waals surface area (Å²) in [6, 6.07) is 3.60. The maximum atomic E-state index is 12.6. The quantitative estimate of drug-likeness (QED) is 0.107. The maximum absolute atomic E-state index is 12.6. The molecule has 185 valence electrons. The summed E-state index contributed by atoms with van der Waals surface area (Å²) in [6.07, 6.45) is 25.0. The molecule has 0 bridgehead atoms. The van der Waals surface area contributed by atoms with Gasteiger partial charge in [0.05, 0.1) is 0 Å². The van der Waals surface area contributed by atoms with Crippen molar-refractivity contribution in [1.82, 2.24) is 0 Å². The molecular formula is C28H57O2Si. The third kappa shape index (κ3) is 18.9. The van der Waals surface area contributed by atoms with Crippen molar-refractivity contribution in [1.29, 1.82) is 0 Å². The van der Waals surface area contributed by atoms with Gasteiger partial charge in [-0.3, -0.25) is 4.79 Å². The van der Waals surface area contributed by atoms with Crippen molar-refractivity contribution in [3.63, 3.8) is 0 Å². The lowest BCUT2D eigenvalue weighted by Gasteiger charge is -2.32. The SMILES string of the molecule is [CH2]CCC(=O)O[Si](CCCCCCCC)(CCCCCCCC)CCCCCCCC. The highest BCUT2D eigenvalue weighted by molar-refractivity contribution is 6.75. The van der Waals surface area contributed by atoms with E-state index in [-0.39, 0.29) is 5.97 Å². The molecule has 31 heavy (non-hydrogen) atoms. The molecule has 0 N–H and O–H groups in total. The number of hydrogen-bond donors (Lipinski definition) is 0. The Kier molecular flexibility index (Phi) is 22.6. The monoisotopic (exact) mass is 453 g/mol. The second-order valence-corrected chi connectivity index (χ2v) is 13.9. The van der Waals surface area contributed by atoms with Gasteiger partial charge in [0.15, 0.2) is 0 Å². The van der Waals surface area contributed by atoms with E-state index >= 15 is 0 Å². The van der Waals surface area contributed by atoms with Crippen molar-refractivity contribution in [3.05, 3.63) is 6.92 Å². The van der Waals surface area contributed by atoms with Crippen LogP contribution in [0.1, 0.15) is 149 Å². The summed E-state index contributed by atoms with van der Waals surface area (Å²) >= 11 is 0. The Morgan fingerprint density at radius 1 is 0.581 bits per heavy atom. The summed E-state index contributed by atoms with van der Waals surface area (Å²) in [7, 11) is -1.98. The number of unbranched alkanes of at least 4 members (excludes halogenated alkanes) is 15. The van der Waals surface area contributed by atoms with Crippen molar-refractivity contribution in [2.45, 2.75) is 167 Å². The zero-order chi connectivity index (χ0) is 23.0. The van der Waals surface area contributed by atoms with E-state index in [4.69, 9.17) is 4.43 Å². The van der Waals surface area contributed by atoms with Crippen LogP contribution in [0.2, 0.25) is 18.1 Å². The molecule has 0 rings (SSSR count). The standard InChI is InChI=1S/C28H57O2Si/c1-5-9-12-15-18-21-25-31(30-28(29)24-8-4,26-22-19-16-13-10-6-2)27-23-20-17-14-11-7-3/h4-27H2,1-3H3. The Labute approximate surface area is 197 Å². The molecule has 0 saturated carbocycles. The van der Waals surface area contributed by atoms with E-state index < -0.39 is 8.32 Å². The van der Waals surface area contributed by atoms with Gasteiger partial charge in [0.1, 0.15) is 0 Å². The molecular weight excluding hydrogens is 396 g/mol. The van der Waals surface area contributed by atoms with Crippen molar-refractivity contribution >= 4 is 14.3 Å². The zero-order valence-electron chi connectivity index (χ0n) is 21.8. The molecule has 0 aromatic heterocycles. The molecule has 0 heterocycles. The highest BCUT2D eigenvalue weighted by Gasteiger charge is 2.36. The molecule has 0 aliphatic rings. The average Bonchev–Trinajstić information content (AvgIpc) is 2.75. The molecule has 0 spiro atoms. The topological polar surface area (TPSA) is 26.3 Å². The van der Waals surface area contributed by atoms with Gasteiger partial charge in [0.25, 0.3) is 14.3 Å². The molecule has 0 aliphatic heterocycles. The lowest BCUT2D eigenvalue weighted by Crippen LogP contribution is -2.40. The normalized spacial score (nSPS) is 11.7. The Hall–Kier alpha value is -0.313. The molecule has 0 unspecified atom stereocenters. The fourth-order valence-corrected chi connectivity index (χ4v) is 8.97. The van der Waals surface area contributed by atoms with Crippen LogP contribution in [0.5, 0.6) is 0 Å². The van der Waals surface area contributed by atoms with E-state index in [1.54, 1.807) is 0 Å². The number of hydrogen-bond acceptors (Lipinski definition) is 2. The van der Waals surface area contributed by atoms with E-state index in [0.29, 0.717) is 12.8 Å². The van der Waals surface area contributed by atoms with Gasteiger partial charge >= 0.3 is 0 Å². The van der Waals surface area contributed by atoms with Gasteiger partial charge in [0.2, 0.25) is 0 Å². The minimum atomic E-state index is -1.98. The molecule has 2 nitrogen and oxygen atoms in total. The molecule has 0 aromatic rings. The van der Waals surface area contributed by atoms with Gasteiger partial charge in [-0.2, -0.15) is 0 Å². The third-order valence-corrected chi connectivity index (χ3v) is 11.1. The van der Waals surface area contributed by atoms with Crippen molar-refractivity contribution < 1.29 is 9.22 Å². The second kappa shape index (κ2) is 22.9. The Morgan fingerprint density at radius 2 is 0.903 bits per heavy atom. The van der Waals surface area contributed by atoms with Gasteiger partial charge in [-0.1, -0.05) is 143 Å². The van der Waals surface area contributed by atoms with E-state index in [0.717, 1.165) is 0 Å².